The van der Waals surface area contributed by atoms with E-state index in [2.05, 4.69) is 10.6 Å². The highest BCUT2D eigenvalue weighted by Gasteiger charge is 2.20. The van der Waals surface area contributed by atoms with Gasteiger partial charge in [-0.25, -0.2) is 0 Å². The van der Waals surface area contributed by atoms with Gasteiger partial charge in [0.2, 0.25) is 5.91 Å². The first kappa shape index (κ1) is 10.5. The lowest BCUT2D eigenvalue weighted by atomic mass is 10.0. The Hall–Kier alpha value is -0.610. The van der Waals surface area contributed by atoms with Gasteiger partial charge in [0.05, 0.1) is 12.6 Å². The first-order valence-electron chi connectivity index (χ1n) is 4.88. The third kappa shape index (κ3) is 3.32. The Morgan fingerprint density at radius 1 is 1.69 bits per heavy atom. The Balaban J connectivity index is 2.29. The van der Waals surface area contributed by atoms with Crippen LogP contribution in [0.1, 0.15) is 26.2 Å². The van der Waals surface area contributed by atoms with E-state index in [0.29, 0.717) is 0 Å². The number of aliphatic hydroxyl groups excluding tert-OH is 1. The largest absolute Gasteiger partial charge is 0.394 e. The number of nitrogens with one attached hydrogen (secondary N) is 2. The van der Waals surface area contributed by atoms with Gasteiger partial charge in [-0.3, -0.25) is 4.79 Å². The second kappa shape index (κ2) is 5.19. The predicted octanol–water partition coefficient (Wildman–Crippen LogP) is -0.374. The van der Waals surface area contributed by atoms with Crippen molar-refractivity contribution >= 4 is 5.91 Å². The first-order valence-corrected chi connectivity index (χ1v) is 4.88. The maximum atomic E-state index is 11.5. The molecule has 1 fully saturated rings. The summed E-state index contributed by atoms with van der Waals surface area (Å²) in [6.45, 7) is 2.71. The summed E-state index contributed by atoms with van der Waals surface area (Å²) in [4.78, 5) is 11.5. The van der Waals surface area contributed by atoms with Crippen LogP contribution in [0.3, 0.4) is 0 Å². The van der Waals surface area contributed by atoms with Gasteiger partial charge >= 0.3 is 0 Å². The molecule has 0 saturated carbocycles. The summed E-state index contributed by atoms with van der Waals surface area (Å²) in [6, 6.07) is -0.195. The number of piperidine rings is 1. The van der Waals surface area contributed by atoms with Gasteiger partial charge in [0, 0.05) is 6.04 Å². The van der Waals surface area contributed by atoms with E-state index in [-0.39, 0.29) is 24.6 Å². The first-order chi connectivity index (χ1) is 6.24. The average Bonchev–Trinajstić information content (AvgIpc) is 2.19. The molecular weight excluding hydrogens is 168 g/mol. The molecule has 0 aliphatic carbocycles. The minimum Gasteiger partial charge on any atom is -0.394 e. The van der Waals surface area contributed by atoms with E-state index in [1.807, 2.05) is 0 Å². The van der Waals surface area contributed by atoms with Gasteiger partial charge in [0.1, 0.15) is 0 Å². The fourth-order valence-electron chi connectivity index (χ4n) is 1.46. The van der Waals surface area contributed by atoms with E-state index in [9.17, 15) is 4.79 Å². The minimum absolute atomic E-state index is 0.00153. The lowest BCUT2D eigenvalue weighted by Crippen LogP contribution is -2.49. The Morgan fingerprint density at radius 3 is 3.00 bits per heavy atom. The van der Waals surface area contributed by atoms with Crippen LogP contribution in [0.4, 0.5) is 0 Å². The van der Waals surface area contributed by atoms with E-state index in [1.54, 1.807) is 6.92 Å². The Morgan fingerprint density at radius 2 is 2.46 bits per heavy atom. The quantitative estimate of drug-likeness (QED) is 0.563. The zero-order valence-corrected chi connectivity index (χ0v) is 8.05. The fraction of sp³-hybridized carbons (Fsp3) is 0.889. The van der Waals surface area contributed by atoms with Crippen molar-refractivity contribution in [1.29, 1.82) is 0 Å². The number of hydrogen-bond acceptors (Lipinski definition) is 3. The van der Waals surface area contributed by atoms with E-state index in [1.165, 1.54) is 0 Å². The molecule has 1 heterocycles. The molecule has 0 radical (unpaired) electrons. The Bertz CT molecular complexity index is 167. The third-order valence-electron chi connectivity index (χ3n) is 2.29. The van der Waals surface area contributed by atoms with Gasteiger partial charge in [-0.05, 0) is 26.3 Å². The van der Waals surface area contributed by atoms with Crippen LogP contribution in [0.5, 0.6) is 0 Å². The highest BCUT2D eigenvalue weighted by atomic mass is 16.3. The van der Waals surface area contributed by atoms with Crippen LogP contribution in [0.25, 0.3) is 0 Å². The molecule has 0 bridgehead atoms. The van der Waals surface area contributed by atoms with Gasteiger partial charge in [0.25, 0.3) is 0 Å². The molecule has 4 nitrogen and oxygen atoms in total. The summed E-state index contributed by atoms with van der Waals surface area (Å²) in [7, 11) is 0. The lowest BCUT2D eigenvalue weighted by Gasteiger charge is -2.23. The summed E-state index contributed by atoms with van der Waals surface area (Å²) in [5.74, 6) is 0.0150. The van der Waals surface area contributed by atoms with Crippen molar-refractivity contribution in [1.82, 2.24) is 10.6 Å². The lowest BCUT2D eigenvalue weighted by molar-refractivity contribution is -0.124. The van der Waals surface area contributed by atoms with Gasteiger partial charge in [0.15, 0.2) is 0 Å². The molecule has 0 aromatic carbocycles. The Kier molecular flexibility index (Phi) is 4.18. The van der Waals surface area contributed by atoms with Crippen LogP contribution < -0.4 is 10.6 Å². The number of carbonyl (C=O) groups is 1. The molecule has 76 valence electrons. The van der Waals surface area contributed by atoms with Crippen molar-refractivity contribution < 1.29 is 9.90 Å². The van der Waals surface area contributed by atoms with E-state index in [0.717, 1.165) is 25.8 Å². The smallest absolute Gasteiger partial charge is 0.237 e. The second-order valence-corrected chi connectivity index (χ2v) is 3.59. The molecule has 0 spiro atoms. The van der Waals surface area contributed by atoms with E-state index >= 15 is 0 Å². The SMILES string of the molecule is C[C@H](CO)NC(=O)[C@@H]1CCCCN1. The molecule has 4 heteroatoms. The second-order valence-electron chi connectivity index (χ2n) is 3.59. The van der Waals surface area contributed by atoms with Crippen molar-refractivity contribution in [2.75, 3.05) is 13.2 Å². The molecular formula is C9H18N2O2. The topological polar surface area (TPSA) is 61.4 Å². The maximum Gasteiger partial charge on any atom is 0.237 e. The molecule has 13 heavy (non-hydrogen) atoms. The molecule has 1 aliphatic rings. The number of carbonyl (C=O) groups excluding carboxylic acids is 1. The van der Waals surface area contributed by atoms with E-state index in [4.69, 9.17) is 5.11 Å². The van der Waals surface area contributed by atoms with Crippen molar-refractivity contribution in [2.24, 2.45) is 0 Å². The molecule has 1 aliphatic heterocycles. The monoisotopic (exact) mass is 186 g/mol. The summed E-state index contributed by atoms with van der Waals surface area (Å²) in [5, 5.41) is 14.6. The van der Waals surface area contributed by atoms with Crippen molar-refractivity contribution in [3.63, 3.8) is 0 Å². The molecule has 2 atom stereocenters. The molecule has 1 amide bonds. The van der Waals surface area contributed by atoms with E-state index < -0.39 is 0 Å². The highest BCUT2D eigenvalue weighted by Crippen LogP contribution is 2.06. The third-order valence-corrected chi connectivity index (χ3v) is 2.29. The Labute approximate surface area is 78.7 Å². The van der Waals surface area contributed by atoms with Crippen LogP contribution in [-0.2, 0) is 4.79 Å². The number of aliphatic hydroxyl groups is 1. The number of amides is 1. The standard InChI is InChI=1S/C9H18N2O2/c1-7(6-12)11-9(13)8-4-2-3-5-10-8/h7-8,10,12H,2-6H2,1H3,(H,11,13)/t7-,8+/m1/s1. The van der Waals surface area contributed by atoms with Crippen molar-refractivity contribution in [3.05, 3.63) is 0 Å². The highest BCUT2D eigenvalue weighted by molar-refractivity contribution is 5.82. The molecule has 0 unspecified atom stereocenters. The maximum absolute atomic E-state index is 11.5. The summed E-state index contributed by atoms with van der Waals surface area (Å²) >= 11 is 0. The summed E-state index contributed by atoms with van der Waals surface area (Å²) in [5.41, 5.74) is 0. The molecule has 1 rings (SSSR count). The van der Waals surface area contributed by atoms with Crippen LogP contribution in [-0.4, -0.2) is 36.2 Å². The normalized spacial score (nSPS) is 25.2. The average molecular weight is 186 g/mol. The van der Waals surface area contributed by atoms with Gasteiger partial charge in [-0.2, -0.15) is 0 Å². The van der Waals surface area contributed by atoms with Crippen LogP contribution in [0.15, 0.2) is 0 Å². The zero-order valence-electron chi connectivity index (χ0n) is 8.05. The number of rotatable bonds is 3. The zero-order chi connectivity index (χ0) is 9.68. The number of hydrogen-bond donors (Lipinski definition) is 3. The summed E-state index contributed by atoms with van der Waals surface area (Å²) in [6.07, 6.45) is 3.17. The predicted molar refractivity (Wildman–Crippen MR) is 50.3 cm³/mol. The summed E-state index contributed by atoms with van der Waals surface area (Å²) < 4.78 is 0. The van der Waals surface area contributed by atoms with Gasteiger partial charge in [-0.15, -0.1) is 0 Å². The fourth-order valence-corrected chi connectivity index (χ4v) is 1.46. The molecule has 0 aromatic heterocycles. The van der Waals surface area contributed by atoms with Crippen LogP contribution >= 0.6 is 0 Å². The van der Waals surface area contributed by atoms with Crippen molar-refractivity contribution in [3.8, 4) is 0 Å². The molecule has 0 aromatic rings. The van der Waals surface area contributed by atoms with Crippen LogP contribution in [0.2, 0.25) is 0 Å². The van der Waals surface area contributed by atoms with Gasteiger partial charge in [-0.1, -0.05) is 6.42 Å². The molecule has 1 saturated heterocycles. The van der Waals surface area contributed by atoms with Crippen LogP contribution in [0, 0.1) is 0 Å². The van der Waals surface area contributed by atoms with Gasteiger partial charge < -0.3 is 15.7 Å². The minimum atomic E-state index is -0.142. The molecule has 3 N–H and O–H groups in total. The van der Waals surface area contributed by atoms with Crippen molar-refractivity contribution in [2.45, 2.75) is 38.3 Å².